The normalized spacial score (nSPS) is 12.7. The second-order valence-corrected chi connectivity index (χ2v) is 6.12. The summed E-state index contributed by atoms with van der Waals surface area (Å²) < 4.78 is 7.08. The molecule has 2 heterocycles. The van der Waals surface area contributed by atoms with Gasteiger partial charge in [-0.25, -0.2) is 0 Å². The molecule has 2 aromatic carbocycles. The van der Waals surface area contributed by atoms with E-state index in [1.807, 2.05) is 47.0 Å². The van der Waals surface area contributed by atoms with Crippen molar-refractivity contribution in [3.8, 4) is 17.3 Å². The molecule has 0 aliphatic carbocycles. The van der Waals surface area contributed by atoms with Crippen LogP contribution in [0, 0.1) is 0 Å². The largest absolute Gasteiger partial charge is 0.497 e. The number of imidazole rings is 1. The lowest BCUT2D eigenvalue weighted by molar-refractivity contribution is 0.414. The SMILES string of the molecule is COc1ccc(CN2Cc3c(Cl)cccc3-n3cc(O)nc32)cc1. The zero-order valence-corrected chi connectivity index (χ0v) is 13.9. The van der Waals surface area contributed by atoms with Crippen LogP contribution in [0.2, 0.25) is 5.02 Å². The smallest absolute Gasteiger partial charge is 0.231 e. The highest BCUT2D eigenvalue weighted by atomic mass is 35.5. The van der Waals surface area contributed by atoms with E-state index in [0.717, 1.165) is 22.6 Å². The van der Waals surface area contributed by atoms with E-state index in [4.69, 9.17) is 16.3 Å². The molecule has 0 atom stereocenters. The van der Waals surface area contributed by atoms with Crippen LogP contribution >= 0.6 is 11.6 Å². The average molecular weight is 342 g/mol. The number of aromatic hydroxyl groups is 1. The molecule has 6 heteroatoms. The van der Waals surface area contributed by atoms with E-state index < -0.39 is 0 Å². The first-order chi connectivity index (χ1) is 11.7. The van der Waals surface area contributed by atoms with Crippen LogP contribution in [0.4, 0.5) is 5.95 Å². The van der Waals surface area contributed by atoms with Crippen LogP contribution in [-0.4, -0.2) is 21.8 Å². The lowest BCUT2D eigenvalue weighted by atomic mass is 10.1. The number of methoxy groups -OCH3 is 1. The Morgan fingerprint density at radius 3 is 2.75 bits per heavy atom. The number of ether oxygens (including phenoxy) is 1. The number of halogens is 1. The monoisotopic (exact) mass is 341 g/mol. The summed E-state index contributed by atoms with van der Waals surface area (Å²) in [7, 11) is 1.65. The second kappa shape index (κ2) is 5.76. The number of nitrogens with zero attached hydrogens (tertiary/aromatic N) is 3. The third-order valence-corrected chi connectivity index (χ3v) is 4.55. The molecule has 122 valence electrons. The van der Waals surface area contributed by atoms with Gasteiger partial charge in [-0.15, -0.1) is 0 Å². The predicted octanol–water partition coefficient (Wildman–Crippen LogP) is 3.76. The van der Waals surface area contributed by atoms with E-state index in [-0.39, 0.29) is 5.88 Å². The summed E-state index contributed by atoms with van der Waals surface area (Å²) in [6, 6.07) is 13.7. The molecule has 0 saturated heterocycles. The number of hydrogen-bond acceptors (Lipinski definition) is 4. The molecule has 1 aliphatic heterocycles. The van der Waals surface area contributed by atoms with Crippen LogP contribution in [0.1, 0.15) is 11.1 Å². The van der Waals surface area contributed by atoms with E-state index in [1.165, 1.54) is 0 Å². The molecule has 1 aliphatic rings. The molecule has 0 radical (unpaired) electrons. The van der Waals surface area contributed by atoms with Gasteiger partial charge in [0.1, 0.15) is 5.75 Å². The fourth-order valence-corrected chi connectivity index (χ4v) is 3.26. The van der Waals surface area contributed by atoms with E-state index in [2.05, 4.69) is 9.88 Å². The lowest BCUT2D eigenvalue weighted by Gasteiger charge is -2.31. The summed E-state index contributed by atoms with van der Waals surface area (Å²) in [6.07, 6.45) is 1.62. The van der Waals surface area contributed by atoms with Crippen molar-refractivity contribution in [2.24, 2.45) is 0 Å². The zero-order valence-electron chi connectivity index (χ0n) is 13.1. The second-order valence-electron chi connectivity index (χ2n) is 5.71. The van der Waals surface area contributed by atoms with Gasteiger partial charge in [-0.05, 0) is 29.8 Å². The van der Waals surface area contributed by atoms with Crippen LogP contribution in [0.15, 0.2) is 48.7 Å². The summed E-state index contributed by atoms with van der Waals surface area (Å²) in [5.74, 6) is 1.53. The minimum absolute atomic E-state index is 0.00226. The molecule has 0 fully saturated rings. The maximum Gasteiger partial charge on any atom is 0.231 e. The molecule has 5 nitrogen and oxygen atoms in total. The molecular formula is C18H16ClN3O2. The highest BCUT2D eigenvalue weighted by Gasteiger charge is 2.26. The Hall–Kier alpha value is -2.66. The molecule has 0 spiro atoms. The zero-order chi connectivity index (χ0) is 16.7. The lowest BCUT2D eigenvalue weighted by Crippen LogP contribution is -2.29. The summed E-state index contributed by atoms with van der Waals surface area (Å²) in [4.78, 5) is 6.36. The topological polar surface area (TPSA) is 50.5 Å². The van der Waals surface area contributed by atoms with Crippen molar-refractivity contribution in [2.75, 3.05) is 12.0 Å². The number of anilines is 1. The third kappa shape index (κ3) is 2.47. The quantitative estimate of drug-likeness (QED) is 0.788. The Morgan fingerprint density at radius 1 is 1.21 bits per heavy atom. The van der Waals surface area contributed by atoms with Crippen LogP contribution in [-0.2, 0) is 13.1 Å². The number of fused-ring (bicyclic) bond motifs is 3. The molecule has 4 rings (SSSR count). The number of rotatable bonds is 3. The van der Waals surface area contributed by atoms with Crippen LogP contribution < -0.4 is 9.64 Å². The third-order valence-electron chi connectivity index (χ3n) is 4.19. The van der Waals surface area contributed by atoms with Crippen molar-refractivity contribution in [3.05, 3.63) is 64.8 Å². The molecular weight excluding hydrogens is 326 g/mol. The van der Waals surface area contributed by atoms with Crippen molar-refractivity contribution in [1.82, 2.24) is 9.55 Å². The molecule has 1 N–H and O–H groups in total. The van der Waals surface area contributed by atoms with Crippen LogP contribution in [0.5, 0.6) is 11.6 Å². The van der Waals surface area contributed by atoms with Crippen LogP contribution in [0.25, 0.3) is 5.69 Å². The van der Waals surface area contributed by atoms with Crippen molar-refractivity contribution in [3.63, 3.8) is 0 Å². The molecule has 0 amide bonds. The average Bonchev–Trinajstić information content (AvgIpc) is 2.99. The first kappa shape index (κ1) is 14.9. The highest BCUT2D eigenvalue weighted by molar-refractivity contribution is 6.31. The first-order valence-corrected chi connectivity index (χ1v) is 7.97. The number of aromatic nitrogens is 2. The molecule has 0 unspecified atom stereocenters. The van der Waals surface area contributed by atoms with E-state index >= 15 is 0 Å². The Bertz CT molecular complexity index is 890. The van der Waals surface area contributed by atoms with Crippen LogP contribution in [0.3, 0.4) is 0 Å². The first-order valence-electron chi connectivity index (χ1n) is 7.59. The maximum atomic E-state index is 9.86. The summed E-state index contributed by atoms with van der Waals surface area (Å²) in [5, 5.41) is 10.6. The van der Waals surface area contributed by atoms with Gasteiger partial charge >= 0.3 is 0 Å². The fraction of sp³-hybridized carbons (Fsp3) is 0.167. The minimum Gasteiger partial charge on any atom is -0.497 e. The van der Waals surface area contributed by atoms with Gasteiger partial charge in [0.05, 0.1) is 19.0 Å². The molecule has 3 aromatic rings. The van der Waals surface area contributed by atoms with E-state index in [1.54, 1.807) is 13.3 Å². The van der Waals surface area contributed by atoms with E-state index in [0.29, 0.717) is 24.1 Å². The molecule has 1 aromatic heterocycles. The van der Waals surface area contributed by atoms with Crippen molar-refractivity contribution >= 4 is 17.5 Å². The highest BCUT2D eigenvalue weighted by Crippen LogP contribution is 2.36. The Labute approximate surface area is 144 Å². The Morgan fingerprint density at radius 2 is 2.00 bits per heavy atom. The summed E-state index contributed by atoms with van der Waals surface area (Å²) in [6.45, 7) is 1.29. The molecule has 24 heavy (non-hydrogen) atoms. The van der Waals surface area contributed by atoms with Gasteiger partial charge in [-0.2, -0.15) is 4.98 Å². The standard InChI is InChI=1S/C18H16ClN3O2/c1-24-13-7-5-12(6-8-13)9-21-10-14-15(19)3-2-4-16(14)22-11-17(23)20-18(21)22/h2-8,11,23H,9-10H2,1H3. The Kier molecular flexibility index (Phi) is 3.58. The molecule has 0 saturated carbocycles. The number of hydrogen-bond donors (Lipinski definition) is 1. The van der Waals surface area contributed by atoms with Gasteiger partial charge < -0.3 is 14.7 Å². The Balaban J connectivity index is 1.73. The van der Waals surface area contributed by atoms with E-state index in [9.17, 15) is 5.11 Å². The van der Waals surface area contributed by atoms with Crippen molar-refractivity contribution in [1.29, 1.82) is 0 Å². The molecule has 0 bridgehead atoms. The minimum atomic E-state index is -0.00226. The van der Waals surface area contributed by atoms with Gasteiger partial charge in [0, 0.05) is 23.7 Å². The van der Waals surface area contributed by atoms with Crippen molar-refractivity contribution in [2.45, 2.75) is 13.1 Å². The summed E-state index contributed by atoms with van der Waals surface area (Å²) >= 11 is 6.38. The number of benzene rings is 2. The van der Waals surface area contributed by atoms with Gasteiger partial charge in [0.25, 0.3) is 0 Å². The predicted molar refractivity (Wildman–Crippen MR) is 93.1 cm³/mol. The van der Waals surface area contributed by atoms with Gasteiger partial charge in [-0.1, -0.05) is 29.8 Å². The van der Waals surface area contributed by atoms with Gasteiger partial charge in [-0.3, -0.25) is 4.57 Å². The fourth-order valence-electron chi connectivity index (χ4n) is 3.03. The van der Waals surface area contributed by atoms with Gasteiger partial charge in [0.2, 0.25) is 11.8 Å². The van der Waals surface area contributed by atoms with Crippen molar-refractivity contribution < 1.29 is 9.84 Å². The van der Waals surface area contributed by atoms with Gasteiger partial charge in [0.15, 0.2) is 0 Å². The summed E-state index contributed by atoms with van der Waals surface area (Å²) in [5.41, 5.74) is 3.11. The maximum absolute atomic E-state index is 9.86.